The number of halogens is 2. The Hall–Kier alpha value is -2.05. The van der Waals surface area contributed by atoms with E-state index >= 15 is 0 Å². The van der Waals surface area contributed by atoms with E-state index in [0.29, 0.717) is 23.1 Å². The molecule has 1 atom stereocenters. The second-order valence-corrected chi connectivity index (χ2v) is 10.4. The first-order valence-corrected chi connectivity index (χ1v) is 13.2. The van der Waals surface area contributed by atoms with Crippen LogP contribution in [-0.4, -0.2) is 35.4 Å². The first-order chi connectivity index (χ1) is 16.3. The highest BCUT2D eigenvalue weighted by atomic mass is 79.9. The molecule has 0 aliphatic heterocycles. The highest BCUT2D eigenvalue weighted by Gasteiger charge is 2.31. The summed E-state index contributed by atoms with van der Waals surface area (Å²) in [6, 6.07) is 12.9. The van der Waals surface area contributed by atoms with Gasteiger partial charge in [0.15, 0.2) is 6.61 Å². The molecule has 1 aliphatic rings. The third-order valence-electron chi connectivity index (χ3n) is 6.36. The van der Waals surface area contributed by atoms with Crippen LogP contribution in [0.1, 0.15) is 69.9 Å². The second kappa shape index (κ2) is 12.6. The van der Waals surface area contributed by atoms with Crippen molar-refractivity contribution in [1.29, 1.82) is 0 Å². The van der Waals surface area contributed by atoms with E-state index in [-0.39, 0.29) is 31.0 Å². The van der Waals surface area contributed by atoms with Crippen LogP contribution < -0.4 is 10.1 Å². The van der Waals surface area contributed by atoms with Crippen LogP contribution in [0.2, 0.25) is 5.02 Å². The summed E-state index contributed by atoms with van der Waals surface area (Å²) in [6.45, 7) is 6.25. The van der Waals surface area contributed by atoms with Gasteiger partial charge in [0.05, 0.1) is 4.47 Å². The normalized spacial score (nSPS) is 14.8. The molecule has 2 aromatic carbocycles. The molecule has 2 aromatic rings. The fourth-order valence-electron chi connectivity index (χ4n) is 4.31. The average Bonchev–Trinajstić information content (AvgIpc) is 3.32. The van der Waals surface area contributed by atoms with Crippen LogP contribution in [0.15, 0.2) is 46.9 Å². The van der Waals surface area contributed by atoms with Gasteiger partial charge in [-0.2, -0.15) is 0 Å². The van der Waals surface area contributed by atoms with Crippen LogP contribution >= 0.6 is 27.5 Å². The molecular weight excluding hydrogens is 516 g/mol. The van der Waals surface area contributed by atoms with E-state index in [4.69, 9.17) is 16.3 Å². The predicted octanol–water partition coefficient (Wildman–Crippen LogP) is 6.47. The molecule has 0 unspecified atom stereocenters. The Labute approximate surface area is 216 Å². The molecule has 0 aromatic heterocycles. The maximum absolute atomic E-state index is 13.4. The van der Waals surface area contributed by atoms with Gasteiger partial charge < -0.3 is 15.0 Å². The average molecular weight is 550 g/mol. The van der Waals surface area contributed by atoms with Gasteiger partial charge in [0.25, 0.3) is 5.91 Å². The van der Waals surface area contributed by atoms with E-state index in [1.807, 2.05) is 43.3 Å². The molecule has 0 saturated heterocycles. The van der Waals surface area contributed by atoms with Gasteiger partial charge >= 0.3 is 0 Å². The van der Waals surface area contributed by atoms with E-state index in [1.54, 1.807) is 11.0 Å². The van der Waals surface area contributed by atoms with E-state index < -0.39 is 6.04 Å². The Kier molecular flexibility index (Phi) is 9.84. The number of rotatable bonds is 10. The van der Waals surface area contributed by atoms with Crippen molar-refractivity contribution < 1.29 is 14.3 Å². The molecule has 3 rings (SSSR count). The standard InChI is InChI=1S/C27H34BrClN2O3/c1-4-24(27(33)30-21-10-6-7-11-21)31(16-20-9-5-8-12-23(20)29)26(32)17-34-25-14-13-19(18(2)3)15-22(25)28/h5,8-9,12-15,18,21,24H,4,6-7,10-11,16-17H2,1-3H3,(H,30,33)/t24-/m1/s1. The van der Waals surface area contributed by atoms with Crippen molar-refractivity contribution in [1.82, 2.24) is 10.2 Å². The summed E-state index contributed by atoms with van der Waals surface area (Å²) >= 11 is 9.95. The van der Waals surface area contributed by atoms with Crippen LogP contribution in [0.5, 0.6) is 5.75 Å². The van der Waals surface area contributed by atoms with Gasteiger partial charge in [-0.05, 0) is 70.4 Å². The second-order valence-electron chi connectivity index (χ2n) is 9.16. The lowest BCUT2D eigenvalue weighted by molar-refractivity contribution is -0.143. The molecule has 1 saturated carbocycles. The molecule has 0 spiro atoms. The van der Waals surface area contributed by atoms with E-state index in [1.165, 1.54) is 5.56 Å². The van der Waals surface area contributed by atoms with Crippen LogP contribution in [0.4, 0.5) is 0 Å². The van der Waals surface area contributed by atoms with Crippen molar-refractivity contribution in [3.05, 3.63) is 63.1 Å². The highest BCUT2D eigenvalue weighted by Crippen LogP contribution is 2.29. The number of amides is 2. The minimum Gasteiger partial charge on any atom is -0.483 e. The third-order valence-corrected chi connectivity index (χ3v) is 7.35. The number of hydrogen-bond donors (Lipinski definition) is 1. The number of carbonyl (C=O) groups excluding carboxylic acids is 2. The molecule has 1 aliphatic carbocycles. The molecule has 7 heteroatoms. The zero-order chi connectivity index (χ0) is 24.7. The quantitative estimate of drug-likeness (QED) is 0.369. The lowest BCUT2D eigenvalue weighted by atomic mass is 10.0. The molecule has 1 N–H and O–H groups in total. The van der Waals surface area contributed by atoms with Crippen molar-refractivity contribution >= 4 is 39.3 Å². The van der Waals surface area contributed by atoms with Crippen molar-refractivity contribution in [3.63, 3.8) is 0 Å². The summed E-state index contributed by atoms with van der Waals surface area (Å²) in [5.74, 6) is 0.617. The highest BCUT2D eigenvalue weighted by molar-refractivity contribution is 9.10. The topological polar surface area (TPSA) is 58.6 Å². The van der Waals surface area contributed by atoms with Crippen LogP contribution in [0, 0.1) is 0 Å². The van der Waals surface area contributed by atoms with Crippen LogP contribution in [0.25, 0.3) is 0 Å². The van der Waals surface area contributed by atoms with Gasteiger partial charge in [-0.15, -0.1) is 0 Å². The maximum Gasteiger partial charge on any atom is 0.261 e. The smallest absolute Gasteiger partial charge is 0.261 e. The Bertz CT molecular complexity index is 992. The van der Waals surface area contributed by atoms with Crippen molar-refractivity contribution in [2.75, 3.05) is 6.61 Å². The molecule has 1 fully saturated rings. The molecule has 5 nitrogen and oxygen atoms in total. The number of benzene rings is 2. The molecule has 0 radical (unpaired) electrons. The van der Waals surface area contributed by atoms with Crippen molar-refractivity contribution in [2.24, 2.45) is 0 Å². The van der Waals surface area contributed by atoms with Crippen molar-refractivity contribution in [3.8, 4) is 5.75 Å². The minimum absolute atomic E-state index is 0.114. The van der Waals surface area contributed by atoms with E-state index in [0.717, 1.165) is 35.7 Å². The fourth-order valence-corrected chi connectivity index (χ4v) is 5.02. The van der Waals surface area contributed by atoms with Gasteiger partial charge in [-0.1, -0.05) is 69.5 Å². The summed E-state index contributed by atoms with van der Waals surface area (Å²) in [6.07, 6.45) is 4.74. The van der Waals surface area contributed by atoms with Gasteiger partial charge in [-0.25, -0.2) is 0 Å². The monoisotopic (exact) mass is 548 g/mol. The summed E-state index contributed by atoms with van der Waals surface area (Å²) < 4.78 is 6.69. The molecule has 34 heavy (non-hydrogen) atoms. The predicted molar refractivity (Wildman–Crippen MR) is 140 cm³/mol. The number of nitrogens with zero attached hydrogens (tertiary/aromatic N) is 1. The van der Waals surface area contributed by atoms with Gasteiger partial charge in [-0.3, -0.25) is 9.59 Å². The number of hydrogen-bond acceptors (Lipinski definition) is 3. The van der Waals surface area contributed by atoms with Gasteiger partial charge in [0, 0.05) is 17.6 Å². The zero-order valence-electron chi connectivity index (χ0n) is 20.2. The summed E-state index contributed by atoms with van der Waals surface area (Å²) in [5.41, 5.74) is 1.98. The Balaban J connectivity index is 1.78. The Morgan fingerprint density at radius 2 is 1.88 bits per heavy atom. The number of nitrogens with one attached hydrogen (secondary N) is 1. The first kappa shape index (κ1) is 26.6. The maximum atomic E-state index is 13.4. The first-order valence-electron chi connectivity index (χ1n) is 12.1. The third kappa shape index (κ3) is 6.98. The van der Waals surface area contributed by atoms with Gasteiger partial charge in [0.2, 0.25) is 5.91 Å². The van der Waals surface area contributed by atoms with Gasteiger partial charge in [0.1, 0.15) is 11.8 Å². The number of ether oxygens (including phenoxy) is 1. The summed E-state index contributed by atoms with van der Waals surface area (Å²) in [7, 11) is 0. The SMILES string of the molecule is CC[C@H](C(=O)NC1CCCC1)N(Cc1ccccc1Cl)C(=O)COc1ccc(C(C)C)cc1Br. The van der Waals surface area contributed by atoms with Crippen LogP contribution in [-0.2, 0) is 16.1 Å². The van der Waals surface area contributed by atoms with Crippen LogP contribution in [0.3, 0.4) is 0 Å². The van der Waals surface area contributed by atoms with Crippen molar-refractivity contribution in [2.45, 2.75) is 77.4 Å². The lowest BCUT2D eigenvalue weighted by Crippen LogP contribution is -2.52. The fraction of sp³-hybridized carbons (Fsp3) is 0.481. The molecule has 0 heterocycles. The summed E-state index contributed by atoms with van der Waals surface area (Å²) in [5, 5.41) is 3.72. The Morgan fingerprint density at radius 1 is 1.18 bits per heavy atom. The van der Waals surface area contributed by atoms with E-state index in [9.17, 15) is 9.59 Å². The molecule has 0 bridgehead atoms. The molecule has 2 amide bonds. The number of carbonyl (C=O) groups is 2. The molecule has 184 valence electrons. The summed E-state index contributed by atoms with van der Waals surface area (Å²) in [4.78, 5) is 28.2. The largest absolute Gasteiger partial charge is 0.483 e. The van der Waals surface area contributed by atoms with E-state index in [2.05, 4.69) is 35.1 Å². The minimum atomic E-state index is -0.597. The Morgan fingerprint density at radius 3 is 2.50 bits per heavy atom. The lowest BCUT2D eigenvalue weighted by Gasteiger charge is -2.31. The zero-order valence-corrected chi connectivity index (χ0v) is 22.5. The molecular formula is C27H34BrClN2O3.